The van der Waals surface area contributed by atoms with Crippen LogP contribution in [-0.2, 0) is 4.79 Å². The largest absolute Gasteiger partial charge is 0.481 e. The summed E-state index contributed by atoms with van der Waals surface area (Å²) in [6.45, 7) is 2.07. The van der Waals surface area contributed by atoms with E-state index in [2.05, 4.69) is 53.7 Å². The van der Waals surface area contributed by atoms with Crippen LogP contribution < -0.4 is 5.32 Å². The third-order valence-electron chi connectivity index (χ3n) is 8.17. The number of hydrogen-bond acceptors (Lipinski definition) is 3. The smallest absolute Gasteiger partial charge is 0.306 e. The highest BCUT2D eigenvalue weighted by atomic mass is 35.5. The number of benzene rings is 3. The Morgan fingerprint density at radius 1 is 1.03 bits per heavy atom. The Kier molecular flexibility index (Phi) is 5.80. The first-order valence-electron chi connectivity index (χ1n) is 12.7. The van der Waals surface area contributed by atoms with Gasteiger partial charge in [0.05, 0.1) is 29.2 Å². The number of fused-ring (bicyclic) bond motifs is 1. The van der Waals surface area contributed by atoms with E-state index in [-0.39, 0.29) is 29.3 Å². The summed E-state index contributed by atoms with van der Waals surface area (Å²) >= 11 is 6.38. The number of hydrogen-bond donors (Lipinski definition) is 2. The Labute approximate surface area is 220 Å². The Morgan fingerprint density at radius 2 is 1.70 bits per heavy atom. The molecular formula is C30H28ClN3O3. The molecule has 0 unspecified atom stereocenters. The van der Waals surface area contributed by atoms with Gasteiger partial charge in [0.2, 0.25) is 0 Å². The van der Waals surface area contributed by atoms with Gasteiger partial charge in [-0.15, -0.1) is 0 Å². The van der Waals surface area contributed by atoms with Crippen molar-refractivity contribution in [1.82, 2.24) is 15.1 Å². The van der Waals surface area contributed by atoms with E-state index in [0.29, 0.717) is 23.4 Å². The highest BCUT2D eigenvalue weighted by Crippen LogP contribution is 2.58. The van der Waals surface area contributed by atoms with Gasteiger partial charge < -0.3 is 10.4 Å². The van der Waals surface area contributed by atoms with E-state index in [1.165, 1.54) is 0 Å². The number of aromatic nitrogens is 2. The molecule has 0 bridgehead atoms. The molecule has 0 saturated heterocycles. The summed E-state index contributed by atoms with van der Waals surface area (Å²) in [4.78, 5) is 24.6. The molecule has 2 saturated carbocycles. The normalized spacial score (nSPS) is 23.3. The second-order valence-electron chi connectivity index (χ2n) is 10.7. The van der Waals surface area contributed by atoms with E-state index < -0.39 is 5.97 Å². The lowest BCUT2D eigenvalue weighted by Crippen LogP contribution is -2.57. The average molecular weight is 514 g/mol. The number of rotatable bonds is 6. The summed E-state index contributed by atoms with van der Waals surface area (Å²) in [6, 6.07) is 22.2. The number of nitrogens with zero attached hydrogens (tertiary/aromatic N) is 2. The van der Waals surface area contributed by atoms with E-state index in [0.717, 1.165) is 40.4 Å². The van der Waals surface area contributed by atoms with E-state index in [9.17, 15) is 14.7 Å². The molecule has 1 aromatic heterocycles. The first-order valence-corrected chi connectivity index (χ1v) is 13.1. The molecule has 1 atom stereocenters. The monoisotopic (exact) mass is 513 g/mol. The lowest BCUT2D eigenvalue weighted by molar-refractivity contribution is -0.155. The van der Waals surface area contributed by atoms with Crippen molar-refractivity contribution in [3.63, 3.8) is 0 Å². The minimum atomic E-state index is -0.712. The lowest BCUT2D eigenvalue weighted by Gasteiger charge is -2.56. The molecule has 6 nitrogen and oxygen atoms in total. The van der Waals surface area contributed by atoms with Crippen LogP contribution in [0.15, 0.2) is 72.9 Å². The standard InChI is InChI=1S/C30H28ClN3O3/c1-18(19-7-9-21(10-8-19)20-5-3-2-4-6-20)34-27-22(17-32-34)11-24(31)12-26(27)28(35)33-25-15-30(16-25)13-23(14-30)29(36)37/h2-12,17-18,23,25H,13-16H2,1H3,(H,33,35)(H,36,37)/t18-,23?,25?,30?/m1/s1. The predicted octanol–water partition coefficient (Wildman–Crippen LogP) is 6.34. The quantitative estimate of drug-likeness (QED) is 0.315. The summed E-state index contributed by atoms with van der Waals surface area (Å²) in [5.74, 6) is -1.12. The SMILES string of the molecule is C[C@H](c1ccc(-c2ccccc2)cc1)n1ncc2cc(Cl)cc(C(=O)NC3CC4(C3)CC(C(=O)O)C4)c21. The van der Waals surface area contributed by atoms with E-state index in [4.69, 9.17) is 11.6 Å². The maximum atomic E-state index is 13.4. The first-order chi connectivity index (χ1) is 17.8. The molecule has 7 heteroatoms. The van der Waals surface area contributed by atoms with Crippen LogP contribution in [-0.4, -0.2) is 32.8 Å². The van der Waals surface area contributed by atoms with E-state index >= 15 is 0 Å². The van der Waals surface area contributed by atoms with Crippen LogP contribution in [0.25, 0.3) is 22.0 Å². The van der Waals surface area contributed by atoms with Gasteiger partial charge in [-0.1, -0.05) is 66.2 Å². The molecule has 2 fully saturated rings. The maximum Gasteiger partial charge on any atom is 0.306 e. The van der Waals surface area contributed by atoms with Gasteiger partial charge in [0.1, 0.15) is 0 Å². The molecule has 188 valence electrons. The fourth-order valence-electron chi connectivity index (χ4n) is 6.19. The summed E-state index contributed by atoms with van der Waals surface area (Å²) in [5, 5.41) is 18.3. The Hall–Kier alpha value is -3.64. The van der Waals surface area contributed by atoms with E-state index in [1.54, 1.807) is 12.3 Å². The molecule has 37 heavy (non-hydrogen) atoms. The molecule has 6 rings (SSSR count). The second-order valence-corrected chi connectivity index (χ2v) is 11.1. The zero-order valence-electron chi connectivity index (χ0n) is 20.5. The molecule has 2 aliphatic rings. The second kappa shape index (κ2) is 9.03. The van der Waals surface area contributed by atoms with Gasteiger partial charge in [0.15, 0.2) is 0 Å². The Balaban J connectivity index is 1.23. The van der Waals surface area contributed by atoms with Crippen molar-refractivity contribution in [2.45, 2.75) is 44.7 Å². The number of carboxylic acid groups (broad SMARTS) is 1. The predicted molar refractivity (Wildman–Crippen MR) is 144 cm³/mol. The number of carboxylic acids is 1. The van der Waals surface area contributed by atoms with Crippen LogP contribution in [0.4, 0.5) is 0 Å². The summed E-state index contributed by atoms with van der Waals surface area (Å²) < 4.78 is 1.89. The zero-order valence-corrected chi connectivity index (χ0v) is 21.3. The van der Waals surface area contributed by atoms with Crippen LogP contribution in [0.1, 0.15) is 54.6 Å². The third-order valence-corrected chi connectivity index (χ3v) is 8.39. The maximum absolute atomic E-state index is 13.4. The average Bonchev–Trinajstić information content (AvgIpc) is 3.27. The number of halogens is 1. The van der Waals surface area contributed by atoms with Crippen molar-refractivity contribution in [2.75, 3.05) is 0 Å². The van der Waals surface area contributed by atoms with Crippen molar-refractivity contribution in [3.8, 4) is 11.1 Å². The number of nitrogens with one attached hydrogen (secondary N) is 1. The minimum Gasteiger partial charge on any atom is -0.481 e. The van der Waals surface area contributed by atoms with Crippen molar-refractivity contribution >= 4 is 34.4 Å². The minimum absolute atomic E-state index is 0.0515. The van der Waals surface area contributed by atoms with Crippen LogP contribution in [0, 0.1) is 11.3 Å². The van der Waals surface area contributed by atoms with Crippen LogP contribution >= 0.6 is 11.6 Å². The molecule has 2 aliphatic carbocycles. The summed E-state index contributed by atoms with van der Waals surface area (Å²) in [5.41, 5.74) is 4.75. The highest BCUT2D eigenvalue weighted by molar-refractivity contribution is 6.32. The van der Waals surface area contributed by atoms with E-state index in [1.807, 2.05) is 28.9 Å². The molecule has 0 aliphatic heterocycles. The topological polar surface area (TPSA) is 84.2 Å². The molecule has 4 aromatic rings. The molecular weight excluding hydrogens is 486 g/mol. The first kappa shape index (κ1) is 23.7. The molecule has 3 aromatic carbocycles. The molecule has 1 spiro atoms. The molecule has 2 N–H and O–H groups in total. The van der Waals surface area contributed by atoms with Gasteiger partial charge in [0, 0.05) is 16.5 Å². The zero-order chi connectivity index (χ0) is 25.7. The van der Waals surface area contributed by atoms with Crippen molar-refractivity contribution in [3.05, 3.63) is 89.1 Å². The van der Waals surface area contributed by atoms with Crippen LogP contribution in [0.3, 0.4) is 0 Å². The van der Waals surface area contributed by atoms with Gasteiger partial charge in [-0.25, -0.2) is 0 Å². The Morgan fingerprint density at radius 3 is 2.38 bits per heavy atom. The van der Waals surface area contributed by atoms with Gasteiger partial charge in [-0.05, 0) is 66.8 Å². The number of carbonyl (C=O) groups excluding carboxylic acids is 1. The number of carbonyl (C=O) groups is 2. The van der Waals surface area contributed by atoms with Crippen LogP contribution in [0.2, 0.25) is 5.02 Å². The van der Waals surface area contributed by atoms with Crippen molar-refractivity contribution in [1.29, 1.82) is 0 Å². The molecule has 1 heterocycles. The van der Waals surface area contributed by atoms with Gasteiger partial charge in [-0.3, -0.25) is 14.3 Å². The van der Waals surface area contributed by atoms with Crippen molar-refractivity contribution in [2.24, 2.45) is 11.3 Å². The van der Waals surface area contributed by atoms with Gasteiger partial charge in [-0.2, -0.15) is 5.10 Å². The Bertz CT molecular complexity index is 1480. The number of aliphatic carboxylic acids is 1. The van der Waals surface area contributed by atoms with Gasteiger partial charge >= 0.3 is 5.97 Å². The fraction of sp³-hybridized carbons (Fsp3) is 0.300. The summed E-state index contributed by atoms with van der Waals surface area (Å²) in [6.07, 6.45) is 4.84. The molecule has 0 radical (unpaired) electrons. The fourth-order valence-corrected chi connectivity index (χ4v) is 6.42. The lowest BCUT2D eigenvalue weighted by atomic mass is 9.50. The van der Waals surface area contributed by atoms with Crippen LogP contribution in [0.5, 0.6) is 0 Å². The summed E-state index contributed by atoms with van der Waals surface area (Å²) in [7, 11) is 0. The van der Waals surface area contributed by atoms with Crippen molar-refractivity contribution < 1.29 is 14.7 Å². The third kappa shape index (κ3) is 4.29. The molecule has 1 amide bonds. The number of amides is 1. The highest BCUT2D eigenvalue weighted by Gasteiger charge is 2.55. The van der Waals surface area contributed by atoms with Gasteiger partial charge in [0.25, 0.3) is 5.91 Å².